The molecule has 0 spiro atoms. The van der Waals surface area contributed by atoms with Gasteiger partial charge in [0, 0.05) is 11.3 Å². The average Bonchev–Trinajstić information content (AvgIpc) is 3.06. The number of aryl methyl sites for hydroxylation is 1. The monoisotopic (exact) mass is 476 g/mol. The number of halogens is 1. The fourth-order valence-electron chi connectivity index (χ4n) is 3.33. The van der Waals surface area contributed by atoms with Gasteiger partial charge in [0.05, 0.1) is 4.91 Å². The zero-order chi connectivity index (χ0) is 24.1. The number of rotatable bonds is 7. The van der Waals surface area contributed by atoms with Crippen LogP contribution in [0, 0.1) is 12.7 Å². The molecule has 0 radical (unpaired) electrons. The van der Waals surface area contributed by atoms with Crippen LogP contribution in [0.4, 0.5) is 14.9 Å². The van der Waals surface area contributed by atoms with Crippen molar-refractivity contribution in [1.29, 1.82) is 0 Å². The van der Waals surface area contributed by atoms with Gasteiger partial charge in [-0.15, -0.1) is 0 Å². The van der Waals surface area contributed by atoms with Gasteiger partial charge < -0.3 is 10.1 Å². The van der Waals surface area contributed by atoms with E-state index in [1.165, 1.54) is 6.07 Å². The second-order valence-corrected chi connectivity index (χ2v) is 8.63. The van der Waals surface area contributed by atoms with Gasteiger partial charge in [-0.3, -0.25) is 19.3 Å². The van der Waals surface area contributed by atoms with Crippen LogP contribution in [0.5, 0.6) is 5.75 Å². The molecule has 0 bridgehead atoms. The van der Waals surface area contributed by atoms with Gasteiger partial charge in [0.2, 0.25) is 5.91 Å². The Morgan fingerprint density at radius 1 is 1.06 bits per heavy atom. The van der Waals surface area contributed by atoms with E-state index in [9.17, 15) is 18.8 Å². The van der Waals surface area contributed by atoms with Crippen molar-refractivity contribution in [2.24, 2.45) is 0 Å². The summed E-state index contributed by atoms with van der Waals surface area (Å²) in [5, 5.41) is 2.19. The molecule has 34 heavy (non-hydrogen) atoms. The van der Waals surface area contributed by atoms with Crippen LogP contribution >= 0.6 is 11.8 Å². The number of nitrogens with zero attached hydrogens (tertiary/aromatic N) is 1. The van der Waals surface area contributed by atoms with Crippen molar-refractivity contribution in [3.63, 3.8) is 0 Å². The Kier molecular flexibility index (Phi) is 7.08. The number of amides is 3. The van der Waals surface area contributed by atoms with E-state index < -0.39 is 17.1 Å². The fraction of sp³-hybridized carbons (Fsp3) is 0.115. The molecule has 3 aromatic carbocycles. The third kappa shape index (κ3) is 5.71. The number of hydrogen-bond acceptors (Lipinski definition) is 5. The van der Waals surface area contributed by atoms with Crippen LogP contribution in [0.15, 0.2) is 77.7 Å². The number of carbonyl (C=O) groups is 3. The zero-order valence-electron chi connectivity index (χ0n) is 18.3. The lowest BCUT2D eigenvalue weighted by atomic mass is 10.2. The molecule has 1 saturated heterocycles. The Hall–Kier alpha value is -3.91. The molecule has 0 unspecified atom stereocenters. The van der Waals surface area contributed by atoms with E-state index in [0.717, 1.165) is 22.2 Å². The van der Waals surface area contributed by atoms with Crippen molar-refractivity contribution in [2.45, 2.75) is 13.5 Å². The molecule has 3 amide bonds. The van der Waals surface area contributed by atoms with Crippen molar-refractivity contribution in [1.82, 2.24) is 4.90 Å². The van der Waals surface area contributed by atoms with Crippen LogP contribution in [0.25, 0.3) is 6.08 Å². The first-order valence-corrected chi connectivity index (χ1v) is 11.3. The van der Waals surface area contributed by atoms with Crippen LogP contribution in [-0.2, 0) is 16.2 Å². The van der Waals surface area contributed by atoms with Crippen molar-refractivity contribution >= 4 is 40.6 Å². The first-order valence-electron chi connectivity index (χ1n) is 10.5. The van der Waals surface area contributed by atoms with Crippen LogP contribution in [0.3, 0.4) is 0 Å². The van der Waals surface area contributed by atoms with Gasteiger partial charge in [-0.1, -0.05) is 42.5 Å². The summed E-state index contributed by atoms with van der Waals surface area (Å²) < 4.78 is 19.5. The molecule has 172 valence electrons. The van der Waals surface area contributed by atoms with E-state index in [0.29, 0.717) is 22.6 Å². The molecule has 1 fully saturated rings. The maximum absolute atomic E-state index is 13.8. The van der Waals surface area contributed by atoms with E-state index in [4.69, 9.17) is 4.74 Å². The number of hydrogen-bond donors (Lipinski definition) is 1. The first kappa shape index (κ1) is 23.3. The molecule has 1 heterocycles. The van der Waals surface area contributed by atoms with Gasteiger partial charge >= 0.3 is 0 Å². The van der Waals surface area contributed by atoms with E-state index >= 15 is 0 Å². The standard InChI is InChI=1S/C26H21FN2O4S/c1-17-6-4-9-20(12-17)28-24(30)15-29-25(31)23(34-26(29)32)14-18-7-5-10-21(13-18)33-16-19-8-2-3-11-22(19)27/h2-14H,15-16H2,1H3,(H,28,30)/b23-14-. The van der Waals surface area contributed by atoms with E-state index in [1.54, 1.807) is 60.7 Å². The molecule has 0 aliphatic carbocycles. The molecule has 1 aliphatic heterocycles. The molecule has 1 aliphatic rings. The summed E-state index contributed by atoms with van der Waals surface area (Å²) in [5.74, 6) is -0.850. The molecule has 0 aromatic heterocycles. The summed E-state index contributed by atoms with van der Waals surface area (Å²) in [7, 11) is 0. The van der Waals surface area contributed by atoms with E-state index in [1.807, 2.05) is 19.1 Å². The summed E-state index contributed by atoms with van der Waals surface area (Å²) in [6.45, 7) is 1.58. The lowest BCUT2D eigenvalue weighted by Gasteiger charge is -2.12. The van der Waals surface area contributed by atoms with Crippen molar-refractivity contribution < 1.29 is 23.5 Å². The maximum Gasteiger partial charge on any atom is 0.294 e. The maximum atomic E-state index is 13.8. The number of nitrogens with one attached hydrogen (secondary N) is 1. The highest BCUT2D eigenvalue weighted by atomic mass is 32.2. The van der Waals surface area contributed by atoms with Crippen LogP contribution in [0.1, 0.15) is 16.7 Å². The second-order valence-electron chi connectivity index (χ2n) is 7.64. The molecule has 0 atom stereocenters. The Labute approximate surface area is 200 Å². The van der Waals surface area contributed by atoms with Gasteiger partial charge in [-0.25, -0.2) is 4.39 Å². The summed E-state index contributed by atoms with van der Waals surface area (Å²) in [4.78, 5) is 38.6. The lowest BCUT2D eigenvalue weighted by Crippen LogP contribution is -2.36. The number of ether oxygens (including phenoxy) is 1. The summed E-state index contributed by atoms with van der Waals surface area (Å²) in [6, 6.07) is 20.5. The van der Waals surface area contributed by atoms with E-state index in [2.05, 4.69) is 5.32 Å². The summed E-state index contributed by atoms with van der Waals surface area (Å²) in [6.07, 6.45) is 1.57. The van der Waals surface area contributed by atoms with Gasteiger partial charge in [-0.2, -0.15) is 0 Å². The van der Waals surface area contributed by atoms with Gasteiger partial charge in [-0.05, 0) is 66.2 Å². The molecule has 6 nitrogen and oxygen atoms in total. The molecular weight excluding hydrogens is 455 g/mol. The van der Waals surface area contributed by atoms with Crippen molar-refractivity contribution in [3.05, 3.63) is 100 Å². The molecular formula is C26H21FN2O4S. The second kappa shape index (κ2) is 10.4. The SMILES string of the molecule is Cc1cccc(NC(=O)CN2C(=O)S/C(=C\c3cccc(OCc4ccccc4F)c3)C2=O)c1. The third-order valence-corrected chi connectivity index (χ3v) is 5.89. The van der Waals surface area contributed by atoms with Crippen LogP contribution in [-0.4, -0.2) is 28.5 Å². The molecule has 8 heteroatoms. The Bertz CT molecular complexity index is 1290. The van der Waals surface area contributed by atoms with Crippen molar-refractivity contribution in [3.8, 4) is 5.75 Å². The highest BCUT2D eigenvalue weighted by Crippen LogP contribution is 2.32. The smallest absolute Gasteiger partial charge is 0.294 e. The minimum Gasteiger partial charge on any atom is -0.489 e. The Morgan fingerprint density at radius 3 is 2.65 bits per heavy atom. The third-order valence-electron chi connectivity index (χ3n) is 4.99. The number of carbonyl (C=O) groups excluding carboxylic acids is 3. The van der Waals surface area contributed by atoms with Gasteiger partial charge in [0.1, 0.15) is 24.7 Å². The van der Waals surface area contributed by atoms with E-state index in [-0.39, 0.29) is 23.9 Å². The topological polar surface area (TPSA) is 75.7 Å². The van der Waals surface area contributed by atoms with Gasteiger partial charge in [0.15, 0.2) is 0 Å². The number of anilines is 1. The molecule has 3 aromatic rings. The quantitative estimate of drug-likeness (QED) is 0.463. The average molecular weight is 477 g/mol. The molecule has 0 saturated carbocycles. The molecule has 1 N–H and O–H groups in total. The lowest BCUT2D eigenvalue weighted by molar-refractivity contribution is -0.127. The van der Waals surface area contributed by atoms with Crippen molar-refractivity contribution in [2.75, 3.05) is 11.9 Å². The molecule has 4 rings (SSSR count). The fourth-order valence-corrected chi connectivity index (χ4v) is 4.16. The number of benzene rings is 3. The minimum atomic E-state index is -0.535. The predicted molar refractivity (Wildman–Crippen MR) is 130 cm³/mol. The minimum absolute atomic E-state index is 0.0582. The Balaban J connectivity index is 1.41. The number of imide groups is 1. The van der Waals surface area contributed by atoms with Crippen LogP contribution < -0.4 is 10.1 Å². The predicted octanol–water partition coefficient (Wildman–Crippen LogP) is 5.39. The van der Waals surface area contributed by atoms with Crippen LogP contribution in [0.2, 0.25) is 0 Å². The summed E-state index contributed by atoms with van der Waals surface area (Å²) in [5.41, 5.74) is 2.64. The van der Waals surface area contributed by atoms with Gasteiger partial charge in [0.25, 0.3) is 11.1 Å². The Morgan fingerprint density at radius 2 is 1.85 bits per heavy atom. The zero-order valence-corrected chi connectivity index (χ0v) is 19.1. The summed E-state index contributed by atoms with van der Waals surface area (Å²) >= 11 is 0.774. The highest BCUT2D eigenvalue weighted by molar-refractivity contribution is 8.18. The largest absolute Gasteiger partial charge is 0.489 e. The normalized spacial score (nSPS) is 14.5. The highest BCUT2D eigenvalue weighted by Gasteiger charge is 2.36. The number of thioether (sulfide) groups is 1. The first-order chi connectivity index (χ1) is 16.4.